The van der Waals surface area contributed by atoms with Crippen LogP contribution >= 0.6 is 0 Å². The van der Waals surface area contributed by atoms with Crippen LogP contribution in [-0.2, 0) is 4.74 Å². The Kier molecular flexibility index (Phi) is 10.4. The van der Waals surface area contributed by atoms with Gasteiger partial charge >= 0.3 is 0 Å². The largest absolute Gasteiger partial charge is 0.381 e. The van der Waals surface area contributed by atoms with Crippen LogP contribution in [0.25, 0.3) is 0 Å². The van der Waals surface area contributed by atoms with E-state index in [1.54, 1.807) is 0 Å². The Hall–Kier alpha value is -0.0800. The average Bonchev–Trinajstić information content (AvgIpc) is 2.22. The van der Waals surface area contributed by atoms with Crippen LogP contribution in [-0.4, -0.2) is 26.3 Å². The molecule has 0 fully saturated rings. The minimum Gasteiger partial charge on any atom is -0.381 e. The summed E-state index contributed by atoms with van der Waals surface area (Å²) in [4.78, 5) is 0. The van der Waals surface area contributed by atoms with Crippen LogP contribution in [0.15, 0.2) is 0 Å². The van der Waals surface area contributed by atoms with Crippen molar-refractivity contribution in [1.82, 2.24) is 5.32 Å². The van der Waals surface area contributed by atoms with Gasteiger partial charge in [0.2, 0.25) is 0 Å². The Morgan fingerprint density at radius 1 is 1.13 bits per heavy atom. The van der Waals surface area contributed by atoms with E-state index in [-0.39, 0.29) is 0 Å². The standard InChI is InChI=1S/C13H29NO/c1-5-13(6-2)10-14-8-7-9-15-11-12(3)4/h12-14H,5-11H2,1-4H3. The van der Waals surface area contributed by atoms with E-state index in [4.69, 9.17) is 4.74 Å². The molecule has 92 valence electrons. The van der Waals surface area contributed by atoms with Gasteiger partial charge in [0.25, 0.3) is 0 Å². The zero-order chi connectivity index (χ0) is 11.5. The van der Waals surface area contributed by atoms with Gasteiger partial charge in [0, 0.05) is 13.2 Å². The summed E-state index contributed by atoms with van der Waals surface area (Å²) < 4.78 is 5.51. The molecular formula is C13H29NO. The van der Waals surface area contributed by atoms with E-state index in [9.17, 15) is 0 Å². The predicted molar refractivity (Wildman–Crippen MR) is 67.2 cm³/mol. The number of rotatable bonds is 10. The molecule has 0 aliphatic heterocycles. The summed E-state index contributed by atoms with van der Waals surface area (Å²) in [5.74, 6) is 1.50. The fourth-order valence-corrected chi connectivity index (χ4v) is 1.50. The van der Waals surface area contributed by atoms with E-state index < -0.39 is 0 Å². The summed E-state index contributed by atoms with van der Waals surface area (Å²) in [7, 11) is 0. The van der Waals surface area contributed by atoms with Crippen molar-refractivity contribution in [2.75, 3.05) is 26.3 Å². The highest BCUT2D eigenvalue weighted by atomic mass is 16.5. The predicted octanol–water partition coefficient (Wildman–Crippen LogP) is 3.07. The van der Waals surface area contributed by atoms with Crippen LogP contribution in [0.1, 0.15) is 47.0 Å². The van der Waals surface area contributed by atoms with E-state index in [1.165, 1.54) is 12.8 Å². The van der Waals surface area contributed by atoms with Crippen LogP contribution in [0, 0.1) is 11.8 Å². The molecule has 0 atom stereocenters. The van der Waals surface area contributed by atoms with Crippen molar-refractivity contribution in [2.24, 2.45) is 11.8 Å². The molecule has 0 unspecified atom stereocenters. The molecule has 0 rings (SSSR count). The number of ether oxygens (including phenoxy) is 1. The molecule has 0 spiro atoms. The van der Waals surface area contributed by atoms with Crippen LogP contribution < -0.4 is 5.32 Å². The van der Waals surface area contributed by atoms with Gasteiger partial charge in [-0.05, 0) is 31.3 Å². The van der Waals surface area contributed by atoms with Crippen LogP contribution in [0.4, 0.5) is 0 Å². The highest BCUT2D eigenvalue weighted by molar-refractivity contribution is 4.58. The molecule has 2 heteroatoms. The van der Waals surface area contributed by atoms with Crippen molar-refractivity contribution in [1.29, 1.82) is 0 Å². The van der Waals surface area contributed by atoms with Gasteiger partial charge in [-0.2, -0.15) is 0 Å². The van der Waals surface area contributed by atoms with Gasteiger partial charge in [-0.1, -0.05) is 40.5 Å². The molecule has 0 aliphatic rings. The topological polar surface area (TPSA) is 21.3 Å². The first kappa shape index (κ1) is 14.9. The fraction of sp³-hybridized carbons (Fsp3) is 1.00. The highest BCUT2D eigenvalue weighted by Crippen LogP contribution is 2.04. The van der Waals surface area contributed by atoms with Crippen molar-refractivity contribution >= 4 is 0 Å². The Bertz CT molecular complexity index is 122. The molecule has 0 amide bonds. The second-order valence-corrected chi connectivity index (χ2v) is 4.71. The minimum absolute atomic E-state index is 0.655. The molecule has 0 aromatic heterocycles. The summed E-state index contributed by atoms with van der Waals surface area (Å²) >= 11 is 0. The molecule has 0 saturated heterocycles. The average molecular weight is 215 g/mol. The maximum Gasteiger partial charge on any atom is 0.0489 e. The van der Waals surface area contributed by atoms with E-state index in [1.807, 2.05) is 0 Å². The van der Waals surface area contributed by atoms with E-state index in [0.29, 0.717) is 5.92 Å². The lowest BCUT2D eigenvalue weighted by Crippen LogP contribution is -2.24. The molecule has 0 aliphatic carbocycles. The van der Waals surface area contributed by atoms with Gasteiger partial charge in [0.15, 0.2) is 0 Å². The van der Waals surface area contributed by atoms with Crippen molar-refractivity contribution in [3.8, 4) is 0 Å². The third-order valence-electron chi connectivity index (χ3n) is 2.68. The van der Waals surface area contributed by atoms with E-state index in [0.717, 1.165) is 38.6 Å². The molecule has 1 N–H and O–H groups in total. The van der Waals surface area contributed by atoms with E-state index in [2.05, 4.69) is 33.0 Å². The molecule has 0 heterocycles. The maximum atomic E-state index is 5.51. The molecular weight excluding hydrogens is 186 g/mol. The number of nitrogens with one attached hydrogen (secondary N) is 1. The number of hydrogen-bond acceptors (Lipinski definition) is 2. The number of hydrogen-bond donors (Lipinski definition) is 1. The molecule has 0 saturated carbocycles. The Morgan fingerprint density at radius 3 is 2.33 bits per heavy atom. The maximum absolute atomic E-state index is 5.51. The fourth-order valence-electron chi connectivity index (χ4n) is 1.50. The van der Waals surface area contributed by atoms with Gasteiger partial charge in [-0.25, -0.2) is 0 Å². The first-order chi connectivity index (χ1) is 7.20. The van der Waals surface area contributed by atoms with Gasteiger partial charge < -0.3 is 10.1 Å². The molecule has 0 aromatic rings. The van der Waals surface area contributed by atoms with E-state index >= 15 is 0 Å². The lowest BCUT2D eigenvalue weighted by atomic mass is 10.0. The van der Waals surface area contributed by atoms with Crippen molar-refractivity contribution in [3.63, 3.8) is 0 Å². The summed E-state index contributed by atoms with van der Waals surface area (Å²) in [6, 6.07) is 0. The van der Waals surface area contributed by atoms with Gasteiger partial charge in [-0.15, -0.1) is 0 Å². The smallest absolute Gasteiger partial charge is 0.0489 e. The highest BCUT2D eigenvalue weighted by Gasteiger charge is 2.01. The van der Waals surface area contributed by atoms with Crippen molar-refractivity contribution < 1.29 is 4.74 Å². The summed E-state index contributed by atoms with van der Waals surface area (Å²) in [6.45, 7) is 13.0. The monoisotopic (exact) mass is 215 g/mol. The van der Waals surface area contributed by atoms with Gasteiger partial charge in [0.05, 0.1) is 0 Å². The zero-order valence-electron chi connectivity index (χ0n) is 11.0. The lowest BCUT2D eigenvalue weighted by Gasteiger charge is -2.13. The quantitative estimate of drug-likeness (QED) is 0.565. The van der Waals surface area contributed by atoms with Crippen LogP contribution in [0.3, 0.4) is 0 Å². The third-order valence-corrected chi connectivity index (χ3v) is 2.68. The molecule has 0 aromatic carbocycles. The normalized spacial score (nSPS) is 11.6. The molecule has 0 bridgehead atoms. The van der Waals surface area contributed by atoms with Crippen LogP contribution in [0.5, 0.6) is 0 Å². The first-order valence-electron chi connectivity index (χ1n) is 6.49. The zero-order valence-corrected chi connectivity index (χ0v) is 11.0. The summed E-state index contributed by atoms with van der Waals surface area (Å²) in [6.07, 6.45) is 3.70. The minimum atomic E-state index is 0.655. The second-order valence-electron chi connectivity index (χ2n) is 4.71. The van der Waals surface area contributed by atoms with Crippen molar-refractivity contribution in [2.45, 2.75) is 47.0 Å². The Balaban J connectivity index is 3.10. The molecule has 2 nitrogen and oxygen atoms in total. The SMILES string of the molecule is CCC(CC)CNCCCOCC(C)C. The Labute approximate surface area is 95.8 Å². The van der Waals surface area contributed by atoms with Crippen molar-refractivity contribution in [3.05, 3.63) is 0 Å². The van der Waals surface area contributed by atoms with Gasteiger partial charge in [0.1, 0.15) is 0 Å². The lowest BCUT2D eigenvalue weighted by molar-refractivity contribution is 0.107. The van der Waals surface area contributed by atoms with Crippen LogP contribution in [0.2, 0.25) is 0 Å². The molecule has 0 radical (unpaired) electrons. The summed E-state index contributed by atoms with van der Waals surface area (Å²) in [5.41, 5.74) is 0. The molecule has 15 heavy (non-hydrogen) atoms. The Morgan fingerprint density at radius 2 is 1.80 bits per heavy atom. The third kappa shape index (κ3) is 10.2. The van der Waals surface area contributed by atoms with Gasteiger partial charge in [-0.3, -0.25) is 0 Å². The first-order valence-corrected chi connectivity index (χ1v) is 6.49. The second kappa shape index (κ2) is 10.4. The summed E-state index contributed by atoms with van der Waals surface area (Å²) in [5, 5.41) is 3.50.